The van der Waals surface area contributed by atoms with Crippen LogP contribution in [0.5, 0.6) is 5.75 Å². The summed E-state index contributed by atoms with van der Waals surface area (Å²) in [6.07, 6.45) is 0.873. The molecule has 1 aliphatic heterocycles. The first-order valence-electron chi connectivity index (χ1n) is 15.7. The van der Waals surface area contributed by atoms with Crippen molar-refractivity contribution in [1.82, 2.24) is 21.3 Å². The van der Waals surface area contributed by atoms with Crippen LogP contribution in [0.15, 0.2) is 42.5 Å². The standard InChI is InChI=1S/C32H48N8O6/c33-10-2-6-25(35)30(44)38-18-24(41)17-37-29(43)16-23-13-19-4-1-5-20(12-19)21-8-9-28(42)22(14-21)15-26(36)31(45)40-27(7-3-11-34)32(46)39-23/h1,4-5,8-9,12,14,23-27,41-42H,2-3,6-7,10-11,13,15-18,33-36H2,(H,37,43)(H,38,44)(H,39,46)(H,40,45)/t23-,24?,25-,26?,27-/m0/s1. The summed E-state index contributed by atoms with van der Waals surface area (Å²) in [7, 11) is 0. The number of carbonyl (C=O) groups excluding carboxylic acids is 4. The lowest BCUT2D eigenvalue weighted by Gasteiger charge is -2.25. The van der Waals surface area contributed by atoms with Crippen molar-refractivity contribution in [2.75, 3.05) is 26.2 Å². The average molecular weight is 641 g/mol. The van der Waals surface area contributed by atoms with E-state index in [1.165, 1.54) is 0 Å². The quantitative estimate of drug-likeness (QED) is 0.118. The van der Waals surface area contributed by atoms with E-state index in [-0.39, 0.29) is 44.5 Å². The van der Waals surface area contributed by atoms with Crippen LogP contribution in [-0.2, 0) is 32.0 Å². The molecule has 1 heterocycles. The lowest BCUT2D eigenvalue weighted by molar-refractivity contribution is -0.130. The molecule has 14 N–H and O–H groups in total. The van der Waals surface area contributed by atoms with E-state index in [9.17, 15) is 29.4 Å². The van der Waals surface area contributed by atoms with Gasteiger partial charge in [0.2, 0.25) is 23.6 Å². The van der Waals surface area contributed by atoms with E-state index in [0.29, 0.717) is 37.9 Å². The summed E-state index contributed by atoms with van der Waals surface area (Å²) in [5, 5.41) is 31.6. The monoisotopic (exact) mass is 640 g/mol. The first-order chi connectivity index (χ1) is 22.0. The van der Waals surface area contributed by atoms with Gasteiger partial charge in [-0.05, 0) is 79.6 Å². The number of amides is 4. The fourth-order valence-corrected chi connectivity index (χ4v) is 5.18. The molecule has 0 aliphatic carbocycles. The second-order valence-electron chi connectivity index (χ2n) is 11.7. The molecule has 0 saturated carbocycles. The number of carbonyl (C=O) groups is 4. The van der Waals surface area contributed by atoms with Crippen molar-refractivity contribution in [1.29, 1.82) is 0 Å². The van der Waals surface area contributed by atoms with E-state index in [0.717, 1.165) is 16.7 Å². The maximum atomic E-state index is 13.5. The minimum absolute atomic E-state index is 0.00885. The van der Waals surface area contributed by atoms with Gasteiger partial charge in [0.1, 0.15) is 11.8 Å². The first-order valence-corrected chi connectivity index (χ1v) is 15.7. The van der Waals surface area contributed by atoms with Crippen LogP contribution < -0.4 is 44.2 Å². The average Bonchev–Trinajstić information content (AvgIpc) is 3.03. The van der Waals surface area contributed by atoms with Crippen molar-refractivity contribution >= 4 is 23.6 Å². The molecular formula is C32H48N8O6. The Morgan fingerprint density at radius 2 is 1.65 bits per heavy atom. The molecule has 14 heteroatoms. The highest BCUT2D eigenvalue weighted by Crippen LogP contribution is 2.28. The Morgan fingerprint density at radius 1 is 0.935 bits per heavy atom. The van der Waals surface area contributed by atoms with Crippen molar-refractivity contribution in [2.24, 2.45) is 22.9 Å². The van der Waals surface area contributed by atoms with Crippen LogP contribution in [0.2, 0.25) is 0 Å². The SMILES string of the molecule is NCCC[C@@H]1NC(=O)C(N)Cc2cc(ccc2O)-c2cccc(c2)C[C@@H](CC(=O)NCC(O)CNC(=O)[C@@H](N)CCCN)NC1=O. The number of hydrogen-bond donors (Lipinski definition) is 10. The largest absolute Gasteiger partial charge is 0.508 e. The van der Waals surface area contributed by atoms with Crippen LogP contribution >= 0.6 is 0 Å². The number of rotatable bonds is 13. The fourth-order valence-electron chi connectivity index (χ4n) is 5.18. The molecule has 4 amide bonds. The van der Waals surface area contributed by atoms with E-state index in [4.69, 9.17) is 22.9 Å². The van der Waals surface area contributed by atoms with Gasteiger partial charge in [-0.1, -0.05) is 30.3 Å². The van der Waals surface area contributed by atoms with E-state index in [1.807, 2.05) is 24.3 Å². The number of nitrogens with two attached hydrogens (primary N) is 4. The summed E-state index contributed by atoms with van der Waals surface area (Å²) in [5.74, 6) is -1.89. The Balaban J connectivity index is 1.77. The van der Waals surface area contributed by atoms with Crippen molar-refractivity contribution in [3.8, 4) is 16.9 Å². The summed E-state index contributed by atoms with van der Waals surface area (Å²) in [6.45, 7) is 0.474. The molecule has 4 bridgehead atoms. The van der Waals surface area contributed by atoms with Crippen molar-refractivity contribution in [2.45, 2.75) is 75.2 Å². The number of phenolic OH excluding ortho intramolecular Hbond substituents is 1. The third-order valence-electron chi connectivity index (χ3n) is 7.81. The predicted molar refractivity (Wildman–Crippen MR) is 174 cm³/mol. The number of benzene rings is 2. The minimum Gasteiger partial charge on any atom is -0.508 e. The van der Waals surface area contributed by atoms with Crippen LogP contribution in [0.1, 0.15) is 43.2 Å². The van der Waals surface area contributed by atoms with Gasteiger partial charge in [0.05, 0.1) is 18.2 Å². The molecule has 0 spiro atoms. The lowest BCUT2D eigenvalue weighted by atomic mass is 9.95. The van der Waals surface area contributed by atoms with Crippen molar-refractivity contribution < 1.29 is 29.4 Å². The van der Waals surface area contributed by atoms with Crippen LogP contribution in [0.4, 0.5) is 0 Å². The molecule has 252 valence electrons. The molecule has 2 unspecified atom stereocenters. The molecule has 0 aromatic heterocycles. The maximum absolute atomic E-state index is 13.5. The van der Waals surface area contributed by atoms with E-state index >= 15 is 0 Å². The molecule has 0 fully saturated rings. The topological polar surface area (TPSA) is 261 Å². The smallest absolute Gasteiger partial charge is 0.242 e. The minimum atomic E-state index is -1.07. The van der Waals surface area contributed by atoms with Crippen LogP contribution in [-0.4, -0.2) is 90.3 Å². The molecular weight excluding hydrogens is 592 g/mol. The molecule has 14 nitrogen and oxygen atoms in total. The molecule has 2 aromatic carbocycles. The summed E-state index contributed by atoms with van der Waals surface area (Å²) in [4.78, 5) is 51.7. The summed E-state index contributed by atoms with van der Waals surface area (Å²) >= 11 is 0. The van der Waals surface area contributed by atoms with E-state index < -0.39 is 53.9 Å². The van der Waals surface area contributed by atoms with Gasteiger partial charge in [-0.25, -0.2) is 0 Å². The third-order valence-corrected chi connectivity index (χ3v) is 7.81. The number of hydrogen-bond acceptors (Lipinski definition) is 10. The van der Waals surface area contributed by atoms with Gasteiger partial charge < -0.3 is 54.4 Å². The first kappa shape index (κ1) is 36.4. The Labute approximate surface area is 269 Å². The van der Waals surface area contributed by atoms with Crippen LogP contribution in [0, 0.1) is 0 Å². The Hall–Kier alpha value is -4.08. The molecule has 2 aromatic rings. The van der Waals surface area contributed by atoms with Gasteiger partial charge in [0.25, 0.3) is 0 Å². The Bertz CT molecular complexity index is 1340. The van der Waals surface area contributed by atoms with Gasteiger partial charge >= 0.3 is 0 Å². The summed E-state index contributed by atoms with van der Waals surface area (Å²) in [6, 6.07) is 9.28. The number of nitrogens with one attached hydrogen (secondary N) is 4. The molecule has 1 aliphatic rings. The number of aromatic hydroxyl groups is 1. The van der Waals surface area contributed by atoms with Gasteiger partial charge in [-0.3, -0.25) is 19.2 Å². The van der Waals surface area contributed by atoms with Crippen molar-refractivity contribution in [3.05, 3.63) is 53.6 Å². The number of aliphatic hydroxyl groups excluding tert-OH is 1. The zero-order valence-corrected chi connectivity index (χ0v) is 26.0. The van der Waals surface area contributed by atoms with Gasteiger partial charge in [0, 0.05) is 32.0 Å². The molecule has 46 heavy (non-hydrogen) atoms. The van der Waals surface area contributed by atoms with Gasteiger partial charge in [-0.15, -0.1) is 0 Å². The zero-order valence-electron chi connectivity index (χ0n) is 26.0. The Kier molecular flexibility index (Phi) is 14.4. The normalized spacial score (nSPS) is 19.9. The maximum Gasteiger partial charge on any atom is 0.242 e. The van der Waals surface area contributed by atoms with Crippen molar-refractivity contribution in [3.63, 3.8) is 0 Å². The van der Waals surface area contributed by atoms with Gasteiger partial charge in [-0.2, -0.15) is 0 Å². The molecule has 5 atom stereocenters. The highest BCUT2D eigenvalue weighted by Gasteiger charge is 2.27. The predicted octanol–water partition coefficient (Wildman–Crippen LogP) is -1.76. The zero-order chi connectivity index (χ0) is 33.6. The van der Waals surface area contributed by atoms with E-state index in [1.54, 1.807) is 18.2 Å². The van der Waals surface area contributed by atoms with Crippen LogP contribution in [0.25, 0.3) is 11.1 Å². The Morgan fingerprint density at radius 3 is 2.39 bits per heavy atom. The third kappa shape index (κ3) is 11.4. The van der Waals surface area contributed by atoms with Gasteiger partial charge in [0.15, 0.2) is 0 Å². The highest BCUT2D eigenvalue weighted by molar-refractivity contribution is 5.90. The lowest BCUT2D eigenvalue weighted by Crippen LogP contribution is -2.54. The second-order valence-corrected chi connectivity index (χ2v) is 11.7. The van der Waals surface area contributed by atoms with Crippen LogP contribution in [0.3, 0.4) is 0 Å². The summed E-state index contributed by atoms with van der Waals surface area (Å²) in [5.41, 5.74) is 26.1. The number of fused-ring (bicyclic) bond motifs is 5. The van der Waals surface area contributed by atoms with E-state index in [2.05, 4.69) is 21.3 Å². The fraction of sp³-hybridized carbons (Fsp3) is 0.500. The number of aliphatic hydroxyl groups is 1. The summed E-state index contributed by atoms with van der Waals surface area (Å²) < 4.78 is 0. The highest BCUT2D eigenvalue weighted by atomic mass is 16.3. The number of phenols is 1. The molecule has 0 radical (unpaired) electrons. The molecule has 0 saturated heterocycles. The second kappa shape index (κ2) is 18.2. The molecule has 3 rings (SSSR count).